The Kier molecular flexibility index (Phi) is 47.3. The molecule has 0 aromatic carbocycles. The van der Waals surface area contributed by atoms with Gasteiger partial charge < -0.3 is 14.2 Å². The zero-order valence-corrected chi connectivity index (χ0v) is 39.8. The Bertz CT molecular complexity index is 916. The summed E-state index contributed by atoms with van der Waals surface area (Å²) in [5.41, 5.74) is 0. The quantitative estimate of drug-likeness (QED) is 0.0263. The van der Waals surface area contributed by atoms with Gasteiger partial charge in [0.1, 0.15) is 13.2 Å². The third kappa shape index (κ3) is 47.1. The van der Waals surface area contributed by atoms with Crippen molar-refractivity contribution in [3.05, 3.63) is 12.2 Å². The van der Waals surface area contributed by atoms with Crippen LogP contribution in [0.15, 0.2) is 12.2 Å². The Hall–Kier alpha value is -1.85. The second-order valence-electron chi connectivity index (χ2n) is 17.8. The van der Waals surface area contributed by atoms with Crippen molar-refractivity contribution in [2.75, 3.05) is 13.2 Å². The fourth-order valence-corrected chi connectivity index (χ4v) is 7.78. The van der Waals surface area contributed by atoms with Crippen LogP contribution < -0.4 is 0 Å². The smallest absolute Gasteiger partial charge is 0.306 e. The minimum atomic E-state index is -0.765. The molecule has 6 heteroatoms. The van der Waals surface area contributed by atoms with Crippen molar-refractivity contribution >= 4 is 17.9 Å². The minimum Gasteiger partial charge on any atom is -0.462 e. The fraction of sp³-hybridized carbons (Fsp3) is 0.906. The molecule has 0 bridgehead atoms. The highest BCUT2D eigenvalue weighted by Crippen LogP contribution is 2.16. The van der Waals surface area contributed by atoms with Crippen LogP contribution in [-0.2, 0) is 28.6 Å². The topological polar surface area (TPSA) is 78.9 Å². The van der Waals surface area contributed by atoms with E-state index in [2.05, 4.69) is 32.9 Å². The average molecular weight is 833 g/mol. The molecule has 0 heterocycles. The predicted octanol–water partition coefficient (Wildman–Crippen LogP) is 17.0. The standard InChI is InChI=1S/C53H100O6/c1-4-7-10-13-16-19-22-24-25-26-27-28-29-32-34-37-40-43-46-52(55)58-49-50(48-57-51(54)45-42-39-36-33-30-21-18-15-12-9-6-3)59-53(56)47-44-41-38-35-31-23-20-17-14-11-8-5-2/h15,18,50H,4-14,16-17,19-49H2,1-3H3/b18-15-. The molecule has 0 saturated carbocycles. The molecule has 0 radical (unpaired) electrons. The van der Waals surface area contributed by atoms with Crippen molar-refractivity contribution in [2.24, 2.45) is 0 Å². The summed E-state index contributed by atoms with van der Waals surface area (Å²) in [6, 6.07) is 0. The van der Waals surface area contributed by atoms with Gasteiger partial charge in [-0.1, -0.05) is 245 Å². The largest absolute Gasteiger partial charge is 0.462 e. The lowest BCUT2D eigenvalue weighted by atomic mass is 10.0. The normalized spacial score (nSPS) is 12.0. The van der Waals surface area contributed by atoms with Gasteiger partial charge in [0, 0.05) is 19.3 Å². The van der Waals surface area contributed by atoms with Gasteiger partial charge in [0.2, 0.25) is 0 Å². The summed E-state index contributed by atoms with van der Waals surface area (Å²) < 4.78 is 16.8. The molecule has 0 aromatic heterocycles. The number of hydrogen-bond donors (Lipinski definition) is 0. The molecular formula is C53H100O6. The van der Waals surface area contributed by atoms with E-state index in [-0.39, 0.29) is 31.1 Å². The van der Waals surface area contributed by atoms with Crippen LogP contribution in [0.5, 0.6) is 0 Å². The van der Waals surface area contributed by atoms with Crippen LogP contribution in [0.3, 0.4) is 0 Å². The van der Waals surface area contributed by atoms with Crippen molar-refractivity contribution in [3.8, 4) is 0 Å². The highest BCUT2D eigenvalue weighted by atomic mass is 16.6. The number of rotatable bonds is 48. The van der Waals surface area contributed by atoms with Gasteiger partial charge >= 0.3 is 17.9 Å². The Morgan fingerprint density at radius 3 is 0.898 bits per heavy atom. The fourth-order valence-electron chi connectivity index (χ4n) is 7.78. The molecule has 0 aromatic rings. The first-order chi connectivity index (χ1) is 29.0. The Morgan fingerprint density at radius 2 is 0.576 bits per heavy atom. The molecule has 1 unspecified atom stereocenters. The van der Waals surface area contributed by atoms with E-state index in [1.54, 1.807) is 0 Å². The third-order valence-electron chi connectivity index (χ3n) is 11.8. The second-order valence-corrected chi connectivity index (χ2v) is 17.8. The maximum absolute atomic E-state index is 12.8. The monoisotopic (exact) mass is 833 g/mol. The van der Waals surface area contributed by atoms with Crippen molar-refractivity contribution in [3.63, 3.8) is 0 Å². The first-order valence-corrected chi connectivity index (χ1v) is 26.2. The number of hydrogen-bond acceptors (Lipinski definition) is 6. The summed E-state index contributed by atoms with van der Waals surface area (Å²) in [7, 11) is 0. The van der Waals surface area contributed by atoms with E-state index >= 15 is 0 Å². The number of carbonyl (C=O) groups excluding carboxylic acids is 3. The van der Waals surface area contributed by atoms with Crippen molar-refractivity contribution in [2.45, 2.75) is 297 Å². The van der Waals surface area contributed by atoms with E-state index in [0.29, 0.717) is 19.3 Å². The Balaban J connectivity index is 4.26. The van der Waals surface area contributed by atoms with Gasteiger partial charge in [-0.2, -0.15) is 0 Å². The molecule has 0 aliphatic carbocycles. The van der Waals surface area contributed by atoms with Gasteiger partial charge in [-0.3, -0.25) is 14.4 Å². The number of carbonyl (C=O) groups is 3. The van der Waals surface area contributed by atoms with Gasteiger partial charge in [-0.05, 0) is 38.5 Å². The first kappa shape index (κ1) is 57.1. The first-order valence-electron chi connectivity index (χ1n) is 26.2. The van der Waals surface area contributed by atoms with E-state index in [0.717, 1.165) is 64.2 Å². The van der Waals surface area contributed by atoms with Gasteiger partial charge in [-0.15, -0.1) is 0 Å². The summed E-state index contributed by atoms with van der Waals surface area (Å²) in [4.78, 5) is 37.9. The van der Waals surface area contributed by atoms with Crippen molar-refractivity contribution in [1.82, 2.24) is 0 Å². The maximum atomic E-state index is 12.8. The van der Waals surface area contributed by atoms with E-state index in [4.69, 9.17) is 14.2 Å². The minimum absolute atomic E-state index is 0.0672. The lowest BCUT2D eigenvalue weighted by Gasteiger charge is -2.18. The van der Waals surface area contributed by atoms with Crippen LogP contribution in [-0.4, -0.2) is 37.2 Å². The maximum Gasteiger partial charge on any atom is 0.306 e. The summed E-state index contributed by atoms with van der Waals surface area (Å²) in [6.45, 7) is 6.63. The molecule has 6 nitrogen and oxygen atoms in total. The molecule has 0 N–H and O–H groups in total. The van der Waals surface area contributed by atoms with Crippen LogP contribution in [0.25, 0.3) is 0 Å². The van der Waals surface area contributed by atoms with Crippen LogP contribution in [0.4, 0.5) is 0 Å². The lowest BCUT2D eigenvalue weighted by molar-refractivity contribution is -0.167. The SMILES string of the molecule is CCCC/C=C\CCCCCCCC(=O)OCC(COC(=O)CCCCCCCCCCCCCCCCCCCC)OC(=O)CCCCCCCCCCCCCC. The molecule has 0 aliphatic heterocycles. The summed E-state index contributed by atoms with van der Waals surface area (Å²) in [5, 5.41) is 0. The van der Waals surface area contributed by atoms with Crippen LogP contribution in [0, 0.1) is 0 Å². The van der Waals surface area contributed by atoms with E-state index in [1.807, 2.05) is 0 Å². The number of esters is 3. The van der Waals surface area contributed by atoms with Crippen molar-refractivity contribution in [1.29, 1.82) is 0 Å². The molecule has 0 fully saturated rings. The van der Waals surface area contributed by atoms with Crippen LogP contribution >= 0.6 is 0 Å². The zero-order chi connectivity index (χ0) is 43.0. The number of ether oxygens (including phenoxy) is 3. The van der Waals surface area contributed by atoms with E-state index in [1.165, 1.54) is 186 Å². The molecule has 348 valence electrons. The third-order valence-corrected chi connectivity index (χ3v) is 11.8. The Labute approximate surface area is 367 Å². The van der Waals surface area contributed by atoms with Gasteiger partial charge in [0.15, 0.2) is 6.10 Å². The van der Waals surface area contributed by atoms with Gasteiger partial charge in [0.05, 0.1) is 0 Å². The average Bonchev–Trinajstić information content (AvgIpc) is 3.23. The highest BCUT2D eigenvalue weighted by molar-refractivity contribution is 5.71. The van der Waals surface area contributed by atoms with E-state index in [9.17, 15) is 14.4 Å². The molecule has 1 atom stereocenters. The molecule has 0 spiro atoms. The summed E-state index contributed by atoms with van der Waals surface area (Å²) >= 11 is 0. The summed E-state index contributed by atoms with van der Waals surface area (Å²) in [5.74, 6) is -0.861. The molecular weight excluding hydrogens is 733 g/mol. The zero-order valence-electron chi connectivity index (χ0n) is 39.8. The Morgan fingerprint density at radius 1 is 0.322 bits per heavy atom. The predicted molar refractivity (Wildman–Crippen MR) is 252 cm³/mol. The highest BCUT2D eigenvalue weighted by Gasteiger charge is 2.19. The molecule has 0 saturated heterocycles. The molecule has 59 heavy (non-hydrogen) atoms. The van der Waals surface area contributed by atoms with Crippen LogP contribution in [0.2, 0.25) is 0 Å². The molecule has 0 rings (SSSR count). The van der Waals surface area contributed by atoms with E-state index < -0.39 is 6.10 Å². The molecule has 0 amide bonds. The lowest BCUT2D eigenvalue weighted by Crippen LogP contribution is -2.30. The van der Waals surface area contributed by atoms with Gasteiger partial charge in [-0.25, -0.2) is 0 Å². The van der Waals surface area contributed by atoms with Crippen molar-refractivity contribution < 1.29 is 28.6 Å². The van der Waals surface area contributed by atoms with Gasteiger partial charge in [0.25, 0.3) is 0 Å². The number of unbranched alkanes of at least 4 members (excludes halogenated alkanes) is 35. The molecule has 0 aliphatic rings. The summed E-state index contributed by atoms with van der Waals surface area (Å²) in [6.07, 6.45) is 53.4. The second kappa shape index (κ2) is 48.8. The number of allylic oxidation sites excluding steroid dienone is 2. The van der Waals surface area contributed by atoms with Crippen LogP contribution in [0.1, 0.15) is 290 Å².